The van der Waals surface area contributed by atoms with Crippen LogP contribution in [0.4, 0.5) is 0 Å². The highest BCUT2D eigenvalue weighted by Gasteiger charge is 2.28. The Morgan fingerprint density at radius 1 is 0.900 bits per heavy atom. The number of nitrogens with zero attached hydrogens (tertiary/aromatic N) is 2. The average molecular weight is 276 g/mol. The van der Waals surface area contributed by atoms with E-state index in [1.165, 1.54) is 32.2 Å². The second kappa shape index (κ2) is 6.75. The van der Waals surface area contributed by atoms with E-state index in [1.807, 2.05) is 0 Å². The van der Waals surface area contributed by atoms with Crippen molar-refractivity contribution in [2.24, 2.45) is 5.92 Å². The summed E-state index contributed by atoms with van der Waals surface area (Å²) in [5, 5.41) is 0. The van der Waals surface area contributed by atoms with Crippen molar-refractivity contribution >= 4 is 5.91 Å². The van der Waals surface area contributed by atoms with E-state index in [1.54, 1.807) is 0 Å². The smallest absolute Gasteiger partial charge is 0.226 e. The number of amides is 1. The highest BCUT2D eigenvalue weighted by molar-refractivity contribution is 5.79. The summed E-state index contributed by atoms with van der Waals surface area (Å²) in [5.74, 6) is 0.681. The van der Waals surface area contributed by atoms with Crippen molar-refractivity contribution in [3.8, 4) is 0 Å². The molecule has 3 nitrogen and oxygen atoms in total. The first-order chi connectivity index (χ1) is 9.84. The first-order valence-corrected chi connectivity index (χ1v) is 8.52. The first kappa shape index (κ1) is 14.1. The Labute approximate surface area is 123 Å². The van der Waals surface area contributed by atoms with Gasteiger partial charge in [-0.3, -0.25) is 9.69 Å². The molecule has 0 aromatic heterocycles. The molecule has 0 aromatic carbocycles. The van der Waals surface area contributed by atoms with E-state index in [-0.39, 0.29) is 5.92 Å². The Balaban J connectivity index is 1.53. The van der Waals surface area contributed by atoms with Gasteiger partial charge in [-0.2, -0.15) is 0 Å². The molecule has 1 saturated carbocycles. The number of hydrogen-bond donors (Lipinski definition) is 0. The number of carbonyl (C=O) groups is 1. The molecular formula is C17H28N2O. The number of carbonyl (C=O) groups excluding carboxylic acids is 1. The van der Waals surface area contributed by atoms with E-state index >= 15 is 0 Å². The van der Waals surface area contributed by atoms with E-state index in [2.05, 4.69) is 22.0 Å². The van der Waals surface area contributed by atoms with Crippen molar-refractivity contribution in [2.75, 3.05) is 26.2 Å². The van der Waals surface area contributed by atoms with Crippen LogP contribution in [0, 0.1) is 5.92 Å². The largest absolute Gasteiger partial charge is 0.341 e. The van der Waals surface area contributed by atoms with Crippen molar-refractivity contribution in [1.29, 1.82) is 0 Å². The Kier molecular flexibility index (Phi) is 4.77. The van der Waals surface area contributed by atoms with Gasteiger partial charge in [0.1, 0.15) is 0 Å². The van der Waals surface area contributed by atoms with Gasteiger partial charge >= 0.3 is 0 Å². The van der Waals surface area contributed by atoms with Crippen molar-refractivity contribution in [1.82, 2.24) is 9.80 Å². The Morgan fingerprint density at radius 3 is 2.50 bits per heavy atom. The normalized spacial score (nSPS) is 29.6. The van der Waals surface area contributed by atoms with E-state index in [9.17, 15) is 4.79 Å². The summed E-state index contributed by atoms with van der Waals surface area (Å²) in [6.07, 6.45) is 14.2. The number of allylic oxidation sites excluding steroid dienone is 2. The predicted octanol–water partition coefficient (Wildman–Crippen LogP) is 2.82. The molecule has 1 atom stereocenters. The predicted molar refractivity (Wildman–Crippen MR) is 81.5 cm³/mol. The standard InChI is InChI=1S/C17H28N2O/c20-17(15-7-2-1-3-8-15)19-12-6-11-18(13-14-19)16-9-4-5-10-16/h1-2,15-16H,3-14H2. The third-order valence-corrected chi connectivity index (χ3v) is 5.30. The van der Waals surface area contributed by atoms with Gasteiger partial charge in [-0.25, -0.2) is 0 Å². The molecule has 2 aliphatic carbocycles. The second-order valence-electron chi connectivity index (χ2n) is 6.63. The Morgan fingerprint density at radius 2 is 1.75 bits per heavy atom. The summed E-state index contributed by atoms with van der Waals surface area (Å²) >= 11 is 0. The zero-order valence-corrected chi connectivity index (χ0v) is 12.6. The molecule has 1 saturated heterocycles. The highest BCUT2D eigenvalue weighted by Crippen LogP contribution is 2.25. The number of rotatable bonds is 2. The van der Waals surface area contributed by atoms with Gasteiger partial charge in [0.2, 0.25) is 5.91 Å². The van der Waals surface area contributed by atoms with Crippen LogP contribution in [0.3, 0.4) is 0 Å². The van der Waals surface area contributed by atoms with Gasteiger partial charge in [-0.15, -0.1) is 0 Å². The van der Waals surface area contributed by atoms with Crippen LogP contribution in [0.15, 0.2) is 12.2 Å². The first-order valence-electron chi connectivity index (χ1n) is 8.52. The second-order valence-corrected chi connectivity index (χ2v) is 6.63. The lowest BCUT2D eigenvalue weighted by molar-refractivity contribution is -0.135. The van der Waals surface area contributed by atoms with Crippen LogP contribution in [0.2, 0.25) is 0 Å². The van der Waals surface area contributed by atoms with Crippen LogP contribution < -0.4 is 0 Å². The molecule has 1 unspecified atom stereocenters. The Bertz CT molecular complexity index is 360. The van der Waals surface area contributed by atoms with Crippen LogP contribution in [0.25, 0.3) is 0 Å². The van der Waals surface area contributed by atoms with Crippen molar-refractivity contribution in [3.05, 3.63) is 12.2 Å². The summed E-state index contributed by atoms with van der Waals surface area (Å²) in [6.45, 7) is 4.22. The SMILES string of the molecule is O=C(C1CC=CCC1)N1CCCN(C2CCCC2)CC1. The molecule has 0 radical (unpaired) electrons. The molecular weight excluding hydrogens is 248 g/mol. The van der Waals surface area contributed by atoms with Gasteiger partial charge in [-0.1, -0.05) is 25.0 Å². The fourth-order valence-corrected chi connectivity index (χ4v) is 4.07. The molecule has 112 valence electrons. The molecule has 2 fully saturated rings. The molecule has 1 aliphatic heterocycles. The topological polar surface area (TPSA) is 23.6 Å². The van der Waals surface area contributed by atoms with E-state index in [4.69, 9.17) is 0 Å². The van der Waals surface area contributed by atoms with Crippen LogP contribution in [-0.4, -0.2) is 47.9 Å². The third kappa shape index (κ3) is 3.25. The lowest BCUT2D eigenvalue weighted by Crippen LogP contribution is -2.40. The van der Waals surface area contributed by atoms with E-state index < -0.39 is 0 Å². The average Bonchev–Trinajstić information content (AvgIpc) is 2.92. The minimum atomic E-state index is 0.262. The molecule has 1 amide bonds. The lowest BCUT2D eigenvalue weighted by Gasteiger charge is -2.28. The van der Waals surface area contributed by atoms with Crippen molar-refractivity contribution < 1.29 is 4.79 Å². The van der Waals surface area contributed by atoms with Gasteiger partial charge in [0, 0.05) is 38.1 Å². The molecule has 0 N–H and O–H groups in total. The van der Waals surface area contributed by atoms with Crippen LogP contribution >= 0.6 is 0 Å². The van der Waals surface area contributed by atoms with Gasteiger partial charge in [0.05, 0.1) is 0 Å². The fraction of sp³-hybridized carbons (Fsp3) is 0.824. The molecule has 20 heavy (non-hydrogen) atoms. The third-order valence-electron chi connectivity index (χ3n) is 5.30. The summed E-state index contributed by atoms with van der Waals surface area (Å²) in [5.41, 5.74) is 0. The van der Waals surface area contributed by atoms with Gasteiger partial charge in [-0.05, 0) is 38.5 Å². The lowest BCUT2D eigenvalue weighted by atomic mass is 9.93. The monoisotopic (exact) mass is 276 g/mol. The summed E-state index contributed by atoms with van der Waals surface area (Å²) in [6, 6.07) is 0.808. The molecule has 1 heterocycles. The molecule has 3 aliphatic rings. The maximum absolute atomic E-state index is 12.6. The van der Waals surface area contributed by atoms with E-state index in [0.717, 1.165) is 51.4 Å². The zero-order valence-electron chi connectivity index (χ0n) is 12.6. The quantitative estimate of drug-likeness (QED) is 0.724. The van der Waals surface area contributed by atoms with Crippen molar-refractivity contribution in [3.63, 3.8) is 0 Å². The minimum absolute atomic E-state index is 0.262. The maximum atomic E-state index is 12.6. The Hall–Kier alpha value is -0.830. The number of hydrogen-bond acceptors (Lipinski definition) is 2. The van der Waals surface area contributed by atoms with Gasteiger partial charge in [0.25, 0.3) is 0 Å². The zero-order chi connectivity index (χ0) is 13.8. The summed E-state index contributed by atoms with van der Waals surface area (Å²) in [4.78, 5) is 17.4. The van der Waals surface area contributed by atoms with Gasteiger partial charge < -0.3 is 4.90 Å². The highest BCUT2D eigenvalue weighted by atomic mass is 16.2. The van der Waals surface area contributed by atoms with Gasteiger partial charge in [0.15, 0.2) is 0 Å². The fourth-order valence-electron chi connectivity index (χ4n) is 4.07. The van der Waals surface area contributed by atoms with Crippen LogP contribution in [-0.2, 0) is 4.79 Å². The minimum Gasteiger partial charge on any atom is -0.341 e. The van der Waals surface area contributed by atoms with Crippen LogP contribution in [0.1, 0.15) is 51.4 Å². The maximum Gasteiger partial charge on any atom is 0.226 e. The van der Waals surface area contributed by atoms with Crippen molar-refractivity contribution in [2.45, 2.75) is 57.4 Å². The molecule has 3 rings (SSSR count). The molecule has 0 bridgehead atoms. The summed E-state index contributed by atoms with van der Waals surface area (Å²) in [7, 11) is 0. The van der Waals surface area contributed by atoms with E-state index in [0.29, 0.717) is 5.91 Å². The molecule has 0 aromatic rings. The summed E-state index contributed by atoms with van der Waals surface area (Å²) < 4.78 is 0. The molecule has 0 spiro atoms. The van der Waals surface area contributed by atoms with Crippen LogP contribution in [0.5, 0.6) is 0 Å². The molecule has 3 heteroatoms.